The number of phenolic OH excluding ortho intramolecular Hbond substituents is 2. The normalized spacial score (nSPS) is 12.1. The Kier molecular flexibility index (Phi) is 3.95. The van der Waals surface area contributed by atoms with Crippen LogP contribution in [0.25, 0.3) is 0 Å². The number of phenols is 2. The summed E-state index contributed by atoms with van der Waals surface area (Å²) < 4.78 is 0. The summed E-state index contributed by atoms with van der Waals surface area (Å²) in [4.78, 5) is 0. The molecule has 0 aliphatic rings. The lowest BCUT2D eigenvalue weighted by Crippen LogP contribution is -2.09. The van der Waals surface area contributed by atoms with Crippen molar-refractivity contribution in [2.24, 2.45) is 0 Å². The van der Waals surface area contributed by atoms with Crippen molar-refractivity contribution in [2.75, 3.05) is 5.32 Å². The van der Waals surface area contributed by atoms with Gasteiger partial charge in [-0.15, -0.1) is 0 Å². The van der Waals surface area contributed by atoms with E-state index in [0.717, 1.165) is 23.2 Å². The van der Waals surface area contributed by atoms with Gasteiger partial charge in [0.2, 0.25) is 0 Å². The van der Waals surface area contributed by atoms with Crippen LogP contribution in [0.4, 0.5) is 5.69 Å². The van der Waals surface area contributed by atoms with Crippen LogP contribution in [0.1, 0.15) is 30.5 Å². The van der Waals surface area contributed by atoms with Gasteiger partial charge in [-0.3, -0.25) is 0 Å². The van der Waals surface area contributed by atoms with Crippen molar-refractivity contribution >= 4 is 5.69 Å². The Labute approximate surface area is 113 Å². The van der Waals surface area contributed by atoms with Crippen molar-refractivity contribution in [2.45, 2.75) is 26.3 Å². The van der Waals surface area contributed by atoms with E-state index < -0.39 is 0 Å². The number of hydrogen-bond acceptors (Lipinski definition) is 3. The topological polar surface area (TPSA) is 52.5 Å². The number of aryl methyl sites for hydroxylation is 1. The summed E-state index contributed by atoms with van der Waals surface area (Å²) in [6.45, 7) is 3.97. The molecule has 0 aliphatic carbocycles. The molecule has 19 heavy (non-hydrogen) atoms. The van der Waals surface area contributed by atoms with E-state index in [4.69, 9.17) is 0 Å². The highest BCUT2D eigenvalue weighted by atomic mass is 16.3. The Balaban J connectivity index is 2.18. The van der Waals surface area contributed by atoms with Gasteiger partial charge in [-0.2, -0.15) is 0 Å². The monoisotopic (exact) mass is 257 g/mol. The van der Waals surface area contributed by atoms with E-state index >= 15 is 0 Å². The Morgan fingerprint density at radius 3 is 2.32 bits per heavy atom. The van der Waals surface area contributed by atoms with Gasteiger partial charge < -0.3 is 15.5 Å². The van der Waals surface area contributed by atoms with Crippen LogP contribution in [-0.2, 0) is 0 Å². The Morgan fingerprint density at radius 1 is 1.05 bits per heavy atom. The fourth-order valence-corrected chi connectivity index (χ4v) is 2.03. The van der Waals surface area contributed by atoms with Crippen molar-refractivity contribution in [3.05, 3.63) is 53.6 Å². The SMILES string of the molecule is CCC(Nc1ccc(C)c(O)c1)c1ccc(O)cc1. The van der Waals surface area contributed by atoms with Gasteiger partial charge in [0.05, 0.1) is 6.04 Å². The first-order valence-electron chi connectivity index (χ1n) is 6.45. The van der Waals surface area contributed by atoms with Gasteiger partial charge in [0.15, 0.2) is 0 Å². The van der Waals surface area contributed by atoms with Crippen LogP contribution in [0.3, 0.4) is 0 Å². The molecule has 0 saturated carbocycles. The predicted octanol–water partition coefficient (Wildman–Crippen LogP) is 3.97. The zero-order valence-corrected chi connectivity index (χ0v) is 11.2. The standard InChI is InChI=1S/C16H19NO2/c1-3-15(12-5-8-14(18)9-6-12)17-13-7-4-11(2)16(19)10-13/h4-10,15,17-19H,3H2,1-2H3. The molecule has 2 aromatic rings. The third-order valence-electron chi connectivity index (χ3n) is 3.25. The van der Waals surface area contributed by atoms with Gasteiger partial charge in [-0.1, -0.05) is 25.1 Å². The molecule has 0 aliphatic heterocycles. The molecule has 0 aromatic heterocycles. The lowest BCUT2D eigenvalue weighted by molar-refractivity contribution is 0.471. The highest BCUT2D eigenvalue weighted by Crippen LogP contribution is 2.27. The third-order valence-corrected chi connectivity index (χ3v) is 3.25. The summed E-state index contributed by atoms with van der Waals surface area (Å²) in [5.74, 6) is 0.567. The highest BCUT2D eigenvalue weighted by molar-refractivity contribution is 5.52. The van der Waals surface area contributed by atoms with E-state index in [1.54, 1.807) is 18.2 Å². The number of aromatic hydroxyl groups is 2. The van der Waals surface area contributed by atoms with Gasteiger partial charge in [0, 0.05) is 11.8 Å². The zero-order valence-electron chi connectivity index (χ0n) is 11.2. The first-order valence-corrected chi connectivity index (χ1v) is 6.45. The smallest absolute Gasteiger partial charge is 0.120 e. The fourth-order valence-electron chi connectivity index (χ4n) is 2.03. The average molecular weight is 257 g/mol. The van der Waals surface area contributed by atoms with Gasteiger partial charge in [-0.05, 0) is 42.7 Å². The van der Waals surface area contributed by atoms with E-state index in [9.17, 15) is 10.2 Å². The van der Waals surface area contributed by atoms with Crippen molar-refractivity contribution in [3.8, 4) is 11.5 Å². The molecular weight excluding hydrogens is 238 g/mol. The van der Waals surface area contributed by atoms with Crippen molar-refractivity contribution in [1.29, 1.82) is 0 Å². The van der Waals surface area contributed by atoms with Crippen LogP contribution in [0.15, 0.2) is 42.5 Å². The molecule has 3 heteroatoms. The molecule has 3 nitrogen and oxygen atoms in total. The molecule has 0 bridgehead atoms. The molecule has 0 radical (unpaired) electrons. The maximum Gasteiger partial charge on any atom is 0.120 e. The molecule has 0 saturated heterocycles. The largest absolute Gasteiger partial charge is 0.508 e. The Hall–Kier alpha value is -2.16. The van der Waals surface area contributed by atoms with Gasteiger partial charge in [0.25, 0.3) is 0 Å². The fraction of sp³-hybridized carbons (Fsp3) is 0.250. The van der Waals surface area contributed by atoms with E-state index in [1.165, 1.54) is 0 Å². The highest BCUT2D eigenvalue weighted by Gasteiger charge is 2.09. The quantitative estimate of drug-likeness (QED) is 0.776. The average Bonchev–Trinajstić information content (AvgIpc) is 2.41. The molecule has 100 valence electrons. The molecule has 0 amide bonds. The number of benzene rings is 2. The summed E-state index contributed by atoms with van der Waals surface area (Å²) >= 11 is 0. The molecule has 1 unspecified atom stereocenters. The lowest BCUT2D eigenvalue weighted by atomic mass is 10.0. The van der Waals surface area contributed by atoms with Crippen LogP contribution in [0, 0.1) is 6.92 Å². The molecule has 2 rings (SSSR count). The molecule has 2 aromatic carbocycles. The molecule has 0 fully saturated rings. The van der Waals surface area contributed by atoms with E-state index in [2.05, 4.69) is 12.2 Å². The minimum absolute atomic E-state index is 0.155. The molecular formula is C16H19NO2. The van der Waals surface area contributed by atoms with Crippen molar-refractivity contribution < 1.29 is 10.2 Å². The van der Waals surface area contributed by atoms with E-state index in [-0.39, 0.29) is 11.8 Å². The van der Waals surface area contributed by atoms with Gasteiger partial charge >= 0.3 is 0 Å². The van der Waals surface area contributed by atoms with Crippen LogP contribution in [-0.4, -0.2) is 10.2 Å². The Bertz CT molecular complexity index is 549. The third kappa shape index (κ3) is 3.19. The van der Waals surface area contributed by atoms with Crippen LogP contribution < -0.4 is 5.32 Å². The molecule has 0 heterocycles. The second-order valence-electron chi connectivity index (χ2n) is 4.70. The summed E-state index contributed by atoms with van der Waals surface area (Å²) in [6, 6.07) is 12.9. The number of rotatable bonds is 4. The van der Waals surface area contributed by atoms with Crippen molar-refractivity contribution in [1.82, 2.24) is 0 Å². The summed E-state index contributed by atoms with van der Waals surface area (Å²) in [6.07, 6.45) is 0.916. The van der Waals surface area contributed by atoms with Crippen molar-refractivity contribution in [3.63, 3.8) is 0 Å². The van der Waals surface area contributed by atoms with E-state index in [0.29, 0.717) is 5.75 Å². The minimum Gasteiger partial charge on any atom is -0.508 e. The van der Waals surface area contributed by atoms with Crippen LogP contribution >= 0.6 is 0 Å². The lowest BCUT2D eigenvalue weighted by Gasteiger charge is -2.19. The van der Waals surface area contributed by atoms with Gasteiger partial charge in [-0.25, -0.2) is 0 Å². The number of nitrogens with one attached hydrogen (secondary N) is 1. The van der Waals surface area contributed by atoms with Crippen LogP contribution in [0.5, 0.6) is 11.5 Å². The molecule has 1 atom stereocenters. The van der Waals surface area contributed by atoms with Crippen LogP contribution in [0.2, 0.25) is 0 Å². The predicted molar refractivity (Wildman–Crippen MR) is 77.6 cm³/mol. The Morgan fingerprint density at radius 2 is 1.74 bits per heavy atom. The minimum atomic E-state index is 0.155. The first kappa shape index (κ1) is 13.3. The maximum absolute atomic E-state index is 9.72. The maximum atomic E-state index is 9.72. The second-order valence-corrected chi connectivity index (χ2v) is 4.70. The van der Waals surface area contributed by atoms with Gasteiger partial charge in [0.1, 0.15) is 11.5 Å². The summed E-state index contributed by atoms with van der Waals surface area (Å²) in [5.41, 5.74) is 2.87. The second kappa shape index (κ2) is 5.65. The van der Waals surface area contributed by atoms with E-state index in [1.807, 2.05) is 31.2 Å². The number of anilines is 1. The summed E-state index contributed by atoms with van der Waals surface area (Å²) in [5, 5.41) is 22.4. The first-order chi connectivity index (χ1) is 9.10. The number of hydrogen-bond donors (Lipinski definition) is 3. The molecule has 0 spiro atoms. The zero-order chi connectivity index (χ0) is 13.8. The summed E-state index contributed by atoms with van der Waals surface area (Å²) in [7, 11) is 0. The molecule has 3 N–H and O–H groups in total.